The molecular formula is C20H23F3N6OS. The normalized spacial score (nSPS) is 20.3. The summed E-state index contributed by atoms with van der Waals surface area (Å²) in [5.41, 5.74) is -0.0186. The fourth-order valence-electron chi connectivity index (χ4n) is 3.90. The van der Waals surface area contributed by atoms with Gasteiger partial charge in [0.05, 0.1) is 17.8 Å². The number of hydrogen-bond acceptors (Lipinski definition) is 6. The fraction of sp³-hybridized carbons (Fsp3) is 0.450. The summed E-state index contributed by atoms with van der Waals surface area (Å²) in [5.74, 6) is 1.26. The summed E-state index contributed by atoms with van der Waals surface area (Å²) in [7, 11) is -2.22. The number of halogens is 3. The van der Waals surface area contributed by atoms with E-state index in [2.05, 4.69) is 31.1 Å². The number of anilines is 1. The molecule has 0 spiro atoms. The number of rotatable bonds is 3. The Bertz CT molecular complexity index is 1220. The maximum atomic E-state index is 13.2. The molecule has 1 aliphatic rings. The average Bonchev–Trinajstić information content (AvgIpc) is 3.09. The minimum atomic E-state index is -4.46. The SMILES string of the molecule is C[C@H]1C[C@@H](N=S(C)(C)=O)CN(c2ccnc(-c3cnc4ccc(C(F)(F)F)cn34)n2)C1. The Morgan fingerprint density at radius 3 is 2.65 bits per heavy atom. The van der Waals surface area contributed by atoms with E-state index in [0.29, 0.717) is 29.6 Å². The molecule has 0 aliphatic carbocycles. The summed E-state index contributed by atoms with van der Waals surface area (Å²) in [6, 6.07) is 4.01. The van der Waals surface area contributed by atoms with Gasteiger partial charge in [-0.15, -0.1) is 0 Å². The van der Waals surface area contributed by atoms with Crippen molar-refractivity contribution in [3.8, 4) is 11.5 Å². The maximum absolute atomic E-state index is 13.2. The molecule has 0 saturated carbocycles. The largest absolute Gasteiger partial charge is 0.417 e. The fourth-order valence-corrected chi connectivity index (χ4v) is 4.77. The molecule has 3 aromatic heterocycles. The molecule has 0 N–H and O–H groups in total. The zero-order chi connectivity index (χ0) is 22.4. The van der Waals surface area contributed by atoms with Crippen molar-refractivity contribution in [2.45, 2.75) is 25.6 Å². The van der Waals surface area contributed by atoms with Gasteiger partial charge in [-0.25, -0.2) is 19.3 Å². The highest BCUT2D eigenvalue weighted by atomic mass is 32.2. The minimum absolute atomic E-state index is 0.0743. The first-order chi connectivity index (χ1) is 14.5. The zero-order valence-electron chi connectivity index (χ0n) is 17.4. The molecule has 7 nitrogen and oxygen atoms in total. The van der Waals surface area contributed by atoms with Crippen LogP contribution >= 0.6 is 0 Å². The molecule has 1 aliphatic heterocycles. The zero-order valence-corrected chi connectivity index (χ0v) is 18.2. The Labute approximate surface area is 178 Å². The second-order valence-corrected chi connectivity index (χ2v) is 10.8. The standard InChI is InChI=1S/C20H23F3N6OS/c1-13-8-15(27-31(2,3)30)12-28(10-13)18-6-7-24-19(26-18)16-9-25-17-5-4-14(11-29(16)17)20(21,22)23/h4-7,9,11,13,15H,8,10,12H2,1-3H3/t13-,15+/m0/s1. The molecule has 3 aromatic rings. The summed E-state index contributed by atoms with van der Waals surface area (Å²) in [4.78, 5) is 15.1. The number of piperidine rings is 1. The number of nitrogens with zero attached hydrogens (tertiary/aromatic N) is 6. The predicted molar refractivity (Wildman–Crippen MR) is 113 cm³/mol. The highest BCUT2D eigenvalue weighted by Crippen LogP contribution is 2.31. The van der Waals surface area contributed by atoms with Crippen molar-refractivity contribution in [3.63, 3.8) is 0 Å². The predicted octanol–water partition coefficient (Wildman–Crippen LogP) is 3.75. The monoisotopic (exact) mass is 452 g/mol. The van der Waals surface area contributed by atoms with Gasteiger partial charge < -0.3 is 4.90 Å². The highest BCUT2D eigenvalue weighted by Gasteiger charge is 2.31. The summed E-state index contributed by atoms with van der Waals surface area (Å²) in [5, 5.41) is 0. The lowest BCUT2D eigenvalue weighted by Gasteiger charge is -2.35. The van der Waals surface area contributed by atoms with Crippen molar-refractivity contribution in [1.29, 1.82) is 0 Å². The topological polar surface area (TPSA) is 75.8 Å². The number of imidazole rings is 1. The molecule has 4 heterocycles. The Morgan fingerprint density at radius 1 is 1.16 bits per heavy atom. The highest BCUT2D eigenvalue weighted by molar-refractivity contribution is 7.92. The van der Waals surface area contributed by atoms with Crippen LogP contribution in [0.2, 0.25) is 0 Å². The van der Waals surface area contributed by atoms with Gasteiger partial charge in [0.1, 0.15) is 17.2 Å². The van der Waals surface area contributed by atoms with E-state index in [1.807, 2.05) is 0 Å². The summed E-state index contributed by atoms with van der Waals surface area (Å²) in [6.45, 7) is 3.43. The van der Waals surface area contributed by atoms with Gasteiger partial charge in [-0.05, 0) is 30.5 Å². The lowest BCUT2D eigenvalue weighted by atomic mass is 9.97. The van der Waals surface area contributed by atoms with Gasteiger partial charge in [-0.3, -0.25) is 8.61 Å². The Morgan fingerprint density at radius 2 is 1.94 bits per heavy atom. The van der Waals surface area contributed by atoms with E-state index < -0.39 is 21.5 Å². The molecule has 0 aromatic carbocycles. The Kier molecular flexibility index (Phi) is 5.40. The number of alkyl halides is 3. The third kappa shape index (κ3) is 4.81. The van der Waals surface area contributed by atoms with Crippen LogP contribution in [0, 0.1) is 5.92 Å². The maximum Gasteiger partial charge on any atom is 0.417 e. The number of pyridine rings is 1. The van der Waals surface area contributed by atoms with Crippen LogP contribution in [-0.2, 0) is 15.9 Å². The first-order valence-electron chi connectivity index (χ1n) is 9.78. The molecular weight excluding hydrogens is 429 g/mol. The van der Waals surface area contributed by atoms with E-state index in [1.165, 1.54) is 16.7 Å². The third-order valence-electron chi connectivity index (χ3n) is 5.07. The van der Waals surface area contributed by atoms with Crippen LogP contribution < -0.4 is 4.90 Å². The molecule has 0 amide bonds. The van der Waals surface area contributed by atoms with Gasteiger partial charge in [-0.1, -0.05) is 6.92 Å². The van der Waals surface area contributed by atoms with Crippen LogP contribution in [0.15, 0.2) is 41.2 Å². The second-order valence-electron chi connectivity index (χ2n) is 8.21. The lowest BCUT2D eigenvalue weighted by molar-refractivity contribution is -0.137. The van der Waals surface area contributed by atoms with Gasteiger partial charge >= 0.3 is 6.18 Å². The minimum Gasteiger partial charge on any atom is -0.354 e. The summed E-state index contributed by atoms with van der Waals surface area (Å²) >= 11 is 0. The Hall–Kier alpha value is -2.69. The summed E-state index contributed by atoms with van der Waals surface area (Å²) in [6.07, 6.45) is 3.69. The van der Waals surface area contributed by atoms with Gasteiger partial charge in [-0.2, -0.15) is 13.2 Å². The molecule has 11 heteroatoms. The van der Waals surface area contributed by atoms with E-state index in [9.17, 15) is 17.4 Å². The molecule has 1 saturated heterocycles. The van der Waals surface area contributed by atoms with Crippen LogP contribution in [0.5, 0.6) is 0 Å². The molecule has 0 unspecified atom stereocenters. The molecule has 2 atom stereocenters. The third-order valence-corrected chi connectivity index (χ3v) is 5.87. The lowest BCUT2D eigenvalue weighted by Crippen LogP contribution is -2.42. The van der Waals surface area contributed by atoms with Crippen molar-refractivity contribution >= 4 is 21.2 Å². The van der Waals surface area contributed by atoms with E-state index in [1.54, 1.807) is 24.8 Å². The molecule has 31 heavy (non-hydrogen) atoms. The van der Waals surface area contributed by atoms with Crippen LogP contribution in [-0.4, -0.2) is 55.2 Å². The van der Waals surface area contributed by atoms with E-state index >= 15 is 0 Å². The average molecular weight is 453 g/mol. The Balaban J connectivity index is 1.70. The number of fused-ring (bicyclic) bond motifs is 1. The first kappa shape index (κ1) is 21.5. The van der Waals surface area contributed by atoms with Crippen LogP contribution in [0.4, 0.5) is 19.0 Å². The summed E-state index contributed by atoms with van der Waals surface area (Å²) < 4.78 is 57.4. The van der Waals surface area contributed by atoms with Crippen LogP contribution in [0.3, 0.4) is 0 Å². The van der Waals surface area contributed by atoms with Crippen molar-refractivity contribution in [2.75, 3.05) is 30.5 Å². The van der Waals surface area contributed by atoms with E-state index in [0.717, 1.165) is 25.2 Å². The number of aromatic nitrogens is 4. The van der Waals surface area contributed by atoms with Crippen molar-refractivity contribution < 1.29 is 17.4 Å². The first-order valence-corrected chi connectivity index (χ1v) is 12.1. The van der Waals surface area contributed by atoms with Crippen molar-refractivity contribution in [3.05, 3.63) is 42.4 Å². The van der Waals surface area contributed by atoms with Gasteiger partial charge in [0.15, 0.2) is 5.82 Å². The van der Waals surface area contributed by atoms with Crippen LogP contribution in [0.1, 0.15) is 18.9 Å². The smallest absolute Gasteiger partial charge is 0.354 e. The van der Waals surface area contributed by atoms with Crippen LogP contribution in [0.25, 0.3) is 17.2 Å². The molecule has 0 bridgehead atoms. The molecule has 4 rings (SSSR count). The molecule has 166 valence electrons. The molecule has 0 radical (unpaired) electrons. The van der Waals surface area contributed by atoms with Crippen molar-refractivity contribution in [2.24, 2.45) is 10.3 Å². The van der Waals surface area contributed by atoms with E-state index in [-0.39, 0.29) is 11.9 Å². The van der Waals surface area contributed by atoms with E-state index in [4.69, 9.17) is 0 Å². The number of hydrogen-bond donors (Lipinski definition) is 0. The van der Waals surface area contributed by atoms with Crippen molar-refractivity contribution in [1.82, 2.24) is 19.4 Å². The van der Waals surface area contributed by atoms with Gasteiger partial charge in [0.25, 0.3) is 0 Å². The van der Waals surface area contributed by atoms with Gasteiger partial charge in [0, 0.05) is 47.7 Å². The second kappa shape index (κ2) is 7.77. The van der Waals surface area contributed by atoms with Gasteiger partial charge in [0.2, 0.25) is 0 Å². The molecule has 1 fully saturated rings. The quantitative estimate of drug-likeness (QED) is 0.605.